The lowest BCUT2D eigenvalue weighted by molar-refractivity contribution is 0.276. The molecule has 0 heterocycles. The summed E-state index contributed by atoms with van der Waals surface area (Å²) in [6, 6.07) is 24.5. The van der Waals surface area contributed by atoms with Crippen LogP contribution in [-0.2, 0) is 5.41 Å². The Balaban J connectivity index is 0.00000196. The standard InChI is InChI=1S/C24H27N.ClH/c1-18-6-4-9-21(16-18)24(17-25)14-12-20(13-15-24)23-11-5-8-19-7-2-3-10-22(19)23;/h2-11,16,20H,12-15,17,25H2,1H3;1H/t20-,24-;. The van der Waals surface area contributed by atoms with Crippen LogP contribution in [0.3, 0.4) is 0 Å². The number of fused-ring (bicyclic) bond motifs is 1. The summed E-state index contributed by atoms with van der Waals surface area (Å²) < 4.78 is 0. The van der Waals surface area contributed by atoms with Gasteiger partial charge in [-0.2, -0.15) is 0 Å². The zero-order valence-electron chi connectivity index (χ0n) is 15.4. The van der Waals surface area contributed by atoms with Crippen molar-refractivity contribution in [3.63, 3.8) is 0 Å². The van der Waals surface area contributed by atoms with Crippen molar-refractivity contribution in [1.29, 1.82) is 0 Å². The number of aryl methyl sites for hydroxylation is 1. The van der Waals surface area contributed by atoms with Crippen LogP contribution in [0.5, 0.6) is 0 Å². The van der Waals surface area contributed by atoms with E-state index in [2.05, 4.69) is 73.7 Å². The lowest BCUT2D eigenvalue weighted by Crippen LogP contribution is -2.38. The second-order valence-electron chi connectivity index (χ2n) is 7.70. The maximum absolute atomic E-state index is 6.30. The number of hydrogen-bond acceptors (Lipinski definition) is 1. The maximum atomic E-state index is 6.30. The van der Waals surface area contributed by atoms with Crippen LogP contribution in [0.25, 0.3) is 10.8 Å². The van der Waals surface area contributed by atoms with Gasteiger partial charge in [0.25, 0.3) is 0 Å². The van der Waals surface area contributed by atoms with E-state index in [1.54, 1.807) is 0 Å². The van der Waals surface area contributed by atoms with Crippen molar-refractivity contribution in [3.8, 4) is 0 Å². The number of nitrogens with two attached hydrogens (primary N) is 1. The highest BCUT2D eigenvalue weighted by Crippen LogP contribution is 2.45. The number of hydrogen-bond donors (Lipinski definition) is 1. The highest BCUT2D eigenvalue weighted by atomic mass is 35.5. The van der Waals surface area contributed by atoms with Gasteiger partial charge in [0.1, 0.15) is 0 Å². The Hall–Kier alpha value is -1.83. The lowest BCUT2D eigenvalue weighted by atomic mass is 9.65. The summed E-state index contributed by atoms with van der Waals surface area (Å²) in [6.45, 7) is 2.92. The maximum Gasteiger partial charge on any atom is 0.00761 e. The van der Waals surface area contributed by atoms with Crippen molar-refractivity contribution in [2.75, 3.05) is 6.54 Å². The van der Waals surface area contributed by atoms with Crippen LogP contribution in [0.1, 0.15) is 48.3 Å². The van der Waals surface area contributed by atoms with Gasteiger partial charge in [-0.25, -0.2) is 0 Å². The van der Waals surface area contributed by atoms with Crippen LogP contribution in [-0.4, -0.2) is 6.54 Å². The third kappa shape index (κ3) is 3.39. The molecular formula is C24H28ClN. The molecule has 136 valence electrons. The normalized spacial score (nSPS) is 22.8. The molecule has 0 aliphatic heterocycles. The molecule has 2 N–H and O–H groups in total. The number of benzene rings is 3. The zero-order chi connectivity index (χ0) is 17.3. The van der Waals surface area contributed by atoms with Crippen molar-refractivity contribution in [2.24, 2.45) is 5.73 Å². The molecular weight excluding hydrogens is 338 g/mol. The van der Waals surface area contributed by atoms with E-state index in [0.29, 0.717) is 5.92 Å². The SMILES string of the molecule is Cc1cccc([C@]2(CN)CC[C@@H](c3cccc4ccccc43)CC2)c1.Cl. The van der Waals surface area contributed by atoms with Gasteiger partial charge < -0.3 is 5.73 Å². The summed E-state index contributed by atoms with van der Waals surface area (Å²) in [5, 5.41) is 2.78. The topological polar surface area (TPSA) is 26.0 Å². The Bertz CT molecular complexity index is 873. The van der Waals surface area contributed by atoms with Gasteiger partial charge in [-0.15, -0.1) is 12.4 Å². The van der Waals surface area contributed by atoms with Crippen LogP contribution in [0, 0.1) is 6.92 Å². The summed E-state index contributed by atoms with van der Waals surface area (Å²) in [6.07, 6.45) is 4.81. The minimum absolute atomic E-state index is 0. The Kier molecular flexibility index (Phi) is 5.70. The van der Waals surface area contributed by atoms with Gasteiger partial charge >= 0.3 is 0 Å². The first-order valence-corrected chi connectivity index (χ1v) is 9.47. The van der Waals surface area contributed by atoms with E-state index in [-0.39, 0.29) is 17.8 Å². The molecule has 1 nitrogen and oxygen atoms in total. The van der Waals surface area contributed by atoms with Crippen molar-refractivity contribution in [3.05, 3.63) is 83.4 Å². The first-order chi connectivity index (χ1) is 12.2. The molecule has 1 aliphatic carbocycles. The summed E-state index contributed by atoms with van der Waals surface area (Å²) in [7, 11) is 0. The molecule has 0 bridgehead atoms. The van der Waals surface area contributed by atoms with Crippen LogP contribution < -0.4 is 5.73 Å². The molecule has 0 amide bonds. The van der Waals surface area contributed by atoms with Crippen molar-refractivity contribution < 1.29 is 0 Å². The third-order valence-electron chi connectivity index (χ3n) is 6.23. The molecule has 0 atom stereocenters. The minimum Gasteiger partial charge on any atom is -0.330 e. The van der Waals surface area contributed by atoms with E-state index >= 15 is 0 Å². The van der Waals surface area contributed by atoms with Crippen LogP contribution >= 0.6 is 12.4 Å². The minimum atomic E-state index is 0. The molecule has 0 spiro atoms. The summed E-state index contributed by atoms with van der Waals surface area (Å²) in [4.78, 5) is 0. The number of rotatable bonds is 3. The summed E-state index contributed by atoms with van der Waals surface area (Å²) in [5.74, 6) is 0.649. The predicted molar refractivity (Wildman–Crippen MR) is 114 cm³/mol. The highest BCUT2D eigenvalue weighted by molar-refractivity contribution is 5.86. The van der Waals surface area contributed by atoms with Gasteiger partial charge in [-0.05, 0) is 60.4 Å². The van der Waals surface area contributed by atoms with Crippen molar-refractivity contribution >= 4 is 23.2 Å². The fourth-order valence-electron chi connectivity index (χ4n) is 4.67. The number of halogens is 1. The fourth-order valence-corrected chi connectivity index (χ4v) is 4.67. The molecule has 0 unspecified atom stereocenters. The average molecular weight is 366 g/mol. The first-order valence-electron chi connectivity index (χ1n) is 9.47. The largest absolute Gasteiger partial charge is 0.330 e. The van der Waals surface area contributed by atoms with E-state index in [1.165, 1.54) is 53.1 Å². The van der Waals surface area contributed by atoms with Crippen molar-refractivity contribution in [1.82, 2.24) is 0 Å². The van der Waals surface area contributed by atoms with Gasteiger partial charge in [0.15, 0.2) is 0 Å². The molecule has 1 aliphatic rings. The Morgan fingerprint density at radius 3 is 2.35 bits per heavy atom. The second-order valence-corrected chi connectivity index (χ2v) is 7.70. The molecule has 3 aromatic rings. The van der Waals surface area contributed by atoms with E-state index in [9.17, 15) is 0 Å². The van der Waals surface area contributed by atoms with E-state index in [0.717, 1.165) is 6.54 Å². The average Bonchev–Trinajstić information content (AvgIpc) is 2.68. The molecule has 0 saturated heterocycles. The van der Waals surface area contributed by atoms with E-state index < -0.39 is 0 Å². The summed E-state index contributed by atoms with van der Waals surface area (Å²) in [5.41, 5.74) is 10.7. The summed E-state index contributed by atoms with van der Waals surface area (Å²) >= 11 is 0. The van der Waals surface area contributed by atoms with Crippen molar-refractivity contribution in [2.45, 2.75) is 43.9 Å². The van der Waals surface area contributed by atoms with Gasteiger partial charge in [-0.3, -0.25) is 0 Å². The molecule has 0 radical (unpaired) electrons. The van der Waals surface area contributed by atoms with Crippen LogP contribution in [0.4, 0.5) is 0 Å². The zero-order valence-corrected chi connectivity index (χ0v) is 16.3. The smallest absolute Gasteiger partial charge is 0.00761 e. The molecule has 26 heavy (non-hydrogen) atoms. The van der Waals surface area contributed by atoms with Gasteiger partial charge in [-0.1, -0.05) is 72.3 Å². The third-order valence-corrected chi connectivity index (χ3v) is 6.23. The van der Waals surface area contributed by atoms with Gasteiger partial charge in [0, 0.05) is 12.0 Å². The van der Waals surface area contributed by atoms with Crippen LogP contribution in [0.15, 0.2) is 66.7 Å². The quantitative estimate of drug-likeness (QED) is 0.594. The lowest BCUT2D eigenvalue weighted by Gasteiger charge is -2.40. The van der Waals surface area contributed by atoms with E-state index in [4.69, 9.17) is 5.73 Å². The molecule has 0 aromatic heterocycles. The van der Waals surface area contributed by atoms with E-state index in [1.807, 2.05) is 0 Å². The Labute approximate surface area is 163 Å². The highest BCUT2D eigenvalue weighted by Gasteiger charge is 2.36. The molecule has 3 aromatic carbocycles. The molecule has 4 rings (SSSR count). The Morgan fingerprint density at radius 2 is 1.62 bits per heavy atom. The van der Waals surface area contributed by atoms with Gasteiger partial charge in [0.2, 0.25) is 0 Å². The van der Waals surface area contributed by atoms with Gasteiger partial charge in [0.05, 0.1) is 0 Å². The second kappa shape index (κ2) is 7.82. The molecule has 2 heteroatoms. The molecule has 1 saturated carbocycles. The predicted octanol–water partition coefficient (Wildman–Crippen LogP) is 6.12. The molecule has 1 fully saturated rings. The first kappa shape index (κ1) is 18.9. The Morgan fingerprint density at radius 1 is 0.923 bits per heavy atom. The monoisotopic (exact) mass is 365 g/mol. The fraction of sp³-hybridized carbons (Fsp3) is 0.333. The van der Waals surface area contributed by atoms with Crippen LogP contribution in [0.2, 0.25) is 0 Å².